The topological polar surface area (TPSA) is 59.2 Å². The number of carbonyl (C=O) groups is 1. The summed E-state index contributed by atoms with van der Waals surface area (Å²) in [4.78, 5) is 18.7. The van der Waals surface area contributed by atoms with Crippen LogP contribution in [0.2, 0.25) is 0 Å². The van der Waals surface area contributed by atoms with Crippen molar-refractivity contribution in [3.05, 3.63) is 57.8 Å². The van der Waals surface area contributed by atoms with Crippen molar-refractivity contribution in [3.63, 3.8) is 0 Å². The fourth-order valence-electron chi connectivity index (χ4n) is 2.44. The fourth-order valence-corrected chi connectivity index (χ4v) is 2.82. The van der Waals surface area contributed by atoms with Crippen molar-refractivity contribution in [2.45, 2.75) is 13.0 Å². The largest absolute Gasteiger partial charge is 0.398 e. The molecule has 0 saturated carbocycles. The molecule has 2 aromatic rings. The summed E-state index contributed by atoms with van der Waals surface area (Å²) in [6, 6.07) is 9.28. The van der Waals surface area contributed by atoms with Crippen LogP contribution in [0.1, 0.15) is 21.6 Å². The molecule has 2 N–H and O–H groups in total. The number of amides is 1. The van der Waals surface area contributed by atoms with E-state index in [0.29, 0.717) is 24.3 Å². The van der Waals surface area contributed by atoms with Gasteiger partial charge in [0.2, 0.25) is 0 Å². The summed E-state index contributed by atoms with van der Waals surface area (Å²) in [5.41, 5.74) is 9.19. The Morgan fingerprint density at radius 1 is 1.35 bits per heavy atom. The van der Waals surface area contributed by atoms with Crippen LogP contribution in [0, 0.1) is 0 Å². The van der Waals surface area contributed by atoms with Gasteiger partial charge in [-0.1, -0.05) is 22.0 Å². The van der Waals surface area contributed by atoms with Crippen molar-refractivity contribution in [3.8, 4) is 0 Å². The zero-order valence-corrected chi connectivity index (χ0v) is 12.4. The van der Waals surface area contributed by atoms with E-state index in [2.05, 4.69) is 20.9 Å². The van der Waals surface area contributed by atoms with E-state index < -0.39 is 0 Å². The maximum Gasteiger partial charge on any atom is 0.256 e. The quantitative estimate of drug-likeness (QED) is 0.817. The van der Waals surface area contributed by atoms with E-state index in [1.807, 2.05) is 23.1 Å². The van der Waals surface area contributed by atoms with Crippen LogP contribution in [0.3, 0.4) is 0 Å². The van der Waals surface area contributed by atoms with Crippen LogP contribution in [0.15, 0.2) is 41.0 Å². The van der Waals surface area contributed by atoms with Gasteiger partial charge in [0.15, 0.2) is 0 Å². The molecule has 0 radical (unpaired) electrons. The average Bonchev–Trinajstić information content (AvgIpc) is 2.46. The summed E-state index contributed by atoms with van der Waals surface area (Å²) in [5, 5.41) is 0. The molecule has 5 heteroatoms. The van der Waals surface area contributed by atoms with Gasteiger partial charge in [-0.25, -0.2) is 0 Å². The summed E-state index contributed by atoms with van der Waals surface area (Å²) in [5.74, 6) is -0.0236. The number of benzene rings is 1. The van der Waals surface area contributed by atoms with Gasteiger partial charge in [-0.15, -0.1) is 0 Å². The maximum atomic E-state index is 12.6. The molecule has 0 unspecified atom stereocenters. The number of nitrogens with two attached hydrogens (primary N) is 1. The predicted molar refractivity (Wildman–Crippen MR) is 81.2 cm³/mol. The monoisotopic (exact) mass is 331 g/mol. The zero-order chi connectivity index (χ0) is 14.1. The van der Waals surface area contributed by atoms with Gasteiger partial charge in [0.05, 0.1) is 5.56 Å². The van der Waals surface area contributed by atoms with E-state index >= 15 is 0 Å². The molecule has 1 aromatic heterocycles. The highest BCUT2D eigenvalue weighted by Crippen LogP contribution is 2.23. The molecule has 4 nitrogen and oxygen atoms in total. The van der Waals surface area contributed by atoms with E-state index in [4.69, 9.17) is 5.73 Å². The third-order valence-corrected chi connectivity index (χ3v) is 3.99. The van der Waals surface area contributed by atoms with E-state index in [9.17, 15) is 4.79 Å². The lowest BCUT2D eigenvalue weighted by atomic mass is 10.0. The van der Waals surface area contributed by atoms with Crippen LogP contribution >= 0.6 is 15.9 Å². The molecule has 102 valence electrons. The lowest BCUT2D eigenvalue weighted by Gasteiger charge is -2.28. The molecule has 20 heavy (non-hydrogen) atoms. The summed E-state index contributed by atoms with van der Waals surface area (Å²) < 4.78 is 0.875. The van der Waals surface area contributed by atoms with Crippen LogP contribution in [0.25, 0.3) is 0 Å². The number of carbonyl (C=O) groups excluding carboxylic acids is 1. The molecule has 0 fully saturated rings. The Labute approximate surface area is 125 Å². The van der Waals surface area contributed by atoms with Crippen LogP contribution in [0.4, 0.5) is 5.69 Å². The molecule has 1 aliphatic heterocycles. The minimum atomic E-state index is -0.0236. The van der Waals surface area contributed by atoms with Gasteiger partial charge in [-0.3, -0.25) is 9.78 Å². The number of pyridine rings is 1. The molecule has 0 aliphatic carbocycles. The third-order valence-electron chi connectivity index (χ3n) is 3.50. The Morgan fingerprint density at radius 3 is 3.00 bits per heavy atom. The number of nitrogen functional groups attached to an aromatic ring is 1. The summed E-state index contributed by atoms with van der Waals surface area (Å²) in [7, 11) is 0. The Kier molecular flexibility index (Phi) is 3.44. The number of hydrogen-bond donors (Lipinski definition) is 1. The second-order valence-corrected chi connectivity index (χ2v) is 5.73. The van der Waals surface area contributed by atoms with Crippen molar-refractivity contribution < 1.29 is 4.79 Å². The summed E-state index contributed by atoms with van der Waals surface area (Å²) in [6.45, 7) is 1.27. The Morgan fingerprint density at radius 2 is 2.20 bits per heavy atom. The molecule has 1 aliphatic rings. The molecular weight excluding hydrogens is 318 g/mol. The average molecular weight is 332 g/mol. The number of anilines is 1. The predicted octanol–water partition coefficient (Wildman–Crippen LogP) is 2.62. The third kappa shape index (κ3) is 2.41. The number of halogens is 1. The van der Waals surface area contributed by atoms with Crippen LogP contribution in [-0.2, 0) is 13.0 Å². The first-order valence-electron chi connectivity index (χ1n) is 6.42. The van der Waals surface area contributed by atoms with Gasteiger partial charge < -0.3 is 10.6 Å². The number of nitrogens with zero attached hydrogens (tertiary/aromatic N) is 2. The van der Waals surface area contributed by atoms with Gasteiger partial charge >= 0.3 is 0 Å². The molecular formula is C15H14BrN3O. The highest BCUT2D eigenvalue weighted by atomic mass is 79.9. The van der Waals surface area contributed by atoms with Crippen molar-refractivity contribution in [1.82, 2.24) is 9.88 Å². The Bertz CT molecular complexity index is 672. The Balaban J connectivity index is 1.86. The first kappa shape index (κ1) is 13.1. The highest BCUT2D eigenvalue weighted by molar-refractivity contribution is 9.10. The minimum absolute atomic E-state index is 0.0236. The van der Waals surface area contributed by atoms with Crippen molar-refractivity contribution in [2.75, 3.05) is 12.3 Å². The standard InChI is InChI=1S/C15H14BrN3O/c16-11-3-4-12(13(17)8-11)15(20)19-7-5-14-10(9-19)2-1-6-18-14/h1-4,6,8H,5,7,9,17H2. The number of fused-ring (bicyclic) bond motifs is 1. The van der Waals surface area contributed by atoms with E-state index in [1.165, 1.54) is 0 Å². The Hall–Kier alpha value is -1.88. The highest BCUT2D eigenvalue weighted by Gasteiger charge is 2.23. The number of rotatable bonds is 1. The van der Waals surface area contributed by atoms with Gasteiger partial charge in [-0.2, -0.15) is 0 Å². The summed E-state index contributed by atoms with van der Waals surface area (Å²) in [6.07, 6.45) is 2.58. The second-order valence-electron chi connectivity index (χ2n) is 4.82. The molecule has 0 bridgehead atoms. The van der Waals surface area contributed by atoms with E-state index in [1.54, 1.807) is 18.3 Å². The van der Waals surface area contributed by atoms with Crippen LogP contribution < -0.4 is 5.73 Å². The van der Waals surface area contributed by atoms with Gasteiger partial charge in [0.25, 0.3) is 5.91 Å². The minimum Gasteiger partial charge on any atom is -0.398 e. The van der Waals surface area contributed by atoms with E-state index in [0.717, 1.165) is 22.2 Å². The van der Waals surface area contributed by atoms with Crippen molar-refractivity contribution in [2.24, 2.45) is 0 Å². The van der Waals surface area contributed by atoms with Gasteiger partial charge in [-0.05, 0) is 29.8 Å². The molecule has 1 aromatic carbocycles. The zero-order valence-electron chi connectivity index (χ0n) is 10.8. The second kappa shape index (κ2) is 5.25. The molecule has 0 atom stereocenters. The SMILES string of the molecule is Nc1cc(Br)ccc1C(=O)N1CCc2ncccc2C1. The fraction of sp³-hybridized carbons (Fsp3) is 0.200. The van der Waals surface area contributed by atoms with Crippen LogP contribution in [-0.4, -0.2) is 22.3 Å². The molecule has 3 rings (SSSR count). The lowest BCUT2D eigenvalue weighted by Crippen LogP contribution is -2.36. The molecule has 0 spiro atoms. The molecule has 0 saturated heterocycles. The molecule has 2 heterocycles. The first-order chi connectivity index (χ1) is 9.65. The molecule has 1 amide bonds. The summed E-state index contributed by atoms with van der Waals surface area (Å²) >= 11 is 3.35. The van der Waals surface area contributed by atoms with E-state index in [-0.39, 0.29) is 5.91 Å². The van der Waals surface area contributed by atoms with Crippen molar-refractivity contribution >= 4 is 27.5 Å². The normalized spacial score (nSPS) is 13.9. The van der Waals surface area contributed by atoms with Crippen LogP contribution in [0.5, 0.6) is 0 Å². The van der Waals surface area contributed by atoms with Crippen molar-refractivity contribution in [1.29, 1.82) is 0 Å². The number of aromatic nitrogens is 1. The number of hydrogen-bond acceptors (Lipinski definition) is 3. The maximum absolute atomic E-state index is 12.6. The smallest absolute Gasteiger partial charge is 0.256 e. The first-order valence-corrected chi connectivity index (χ1v) is 7.21. The van der Waals surface area contributed by atoms with Gasteiger partial charge in [0.1, 0.15) is 0 Å². The van der Waals surface area contributed by atoms with Gasteiger partial charge in [0, 0.05) is 41.6 Å². The lowest BCUT2D eigenvalue weighted by molar-refractivity contribution is 0.0734.